The zero-order valence-corrected chi connectivity index (χ0v) is 11.5. The molecule has 0 radical (unpaired) electrons. The molecule has 1 heterocycles. The summed E-state index contributed by atoms with van der Waals surface area (Å²) < 4.78 is 0. The Bertz CT molecular complexity index is 612. The van der Waals surface area contributed by atoms with Gasteiger partial charge < -0.3 is 5.73 Å². The summed E-state index contributed by atoms with van der Waals surface area (Å²) in [6.07, 6.45) is 0.755. The van der Waals surface area contributed by atoms with Crippen molar-refractivity contribution in [1.29, 1.82) is 0 Å². The second-order valence-electron chi connectivity index (χ2n) is 4.24. The maximum atomic E-state index is 11.0. The molecule has 6 nitrogen and oxygen atoms in total. The second-order valence-corrected chi connectivity index (χ2v) is 5.25. The summed E-state index contributed by atoms with van der Waals surface area (Å²) in [5.41, 5.74) is 7.37. The van der Waals surface area contributed by atoms with E-state index < -0.39 is 4.92 Å². The van der Waals surface area contributed by atoms with E-state index in [1.54, 1.807) is 12.1 Å². The van der Waals surface area contributed by atoms with Gasteiger partial charge in [0.05, 0.1) is 16.5 Å². The highest BCUT2D eigenvalue weighted by molar-refractivity contribution is 7.14. The highest BCUT2D eigenvalue weighted by Crippen LogP contribution is 2.34. The van der Waals surface area contributed by atoms with Crippen LogP contribution in [0, 0.1) is 17.0 Å². The van der Waals surface area contributed by atoms with Crippen molar-refractivity contribution in [3.05, 3.63) is 38.9 Å². The second kappa shape index (κ2) is 5.41. The molecule has 0 fully saturated rings. The van der Waals surface area contributed by atoms with Gasteiger partial charge in [0.15, 0.2) is 5.01 Å². The number of nitrogens with zero attached hydrogens (tertiary/aromatic N) is 3. The largest absolute Gasteiger partial charge is 0.322 e. The molecule has 0 aliphatic carbocycles. The van der Waals surface area contributed by atoms with Crippen LogP contribution < -0.4 is 5.73 Å². The molecule has 1 aromatic carbocycles. The first kappa shape index (κ1) is 13.6. The van der Waals surface area contributed by atoms with Crippen LogP contribution in [0.25, 0.3) is 10.6 Å². The normalized spacial score (nSPS) is 12.4. The van der Waals surface area contributed by atoms with Crippen molar-refractivity contribution in [2.24, 2.45) is 5.73 Å². The quantitative estimate of drug-likeness (QED) is 0.685. The first-order chi connectivity index (χ1) is 9.02. The van der Waals surface area contributed by atoms with E-state index in [1.807, 2.05) is 13.8 Å². The molecule has 7 heteroatoms. The molecule has 0 bridgehead atoms. The summed E-state index contributed by atoms with van der Waals surface area (Å²) in [6.45, 7) is 3.84. The minimum Gasteiger partial charge on any atom is -0.322 e. The number of rotatable bonds is 4. The maximum absolute atomic E-state index is 11.0. The van der Waals surface area contributed by atoms with E-state index in [4.69, 9.17) is 5.73 Å². The molecule has 0 amide bonds. The van der Waals surface area contributed by atoms with Gasteiger partial charge in [0.2, 0.25) is 0 Å². The Labute approximate surface area is 114 Å². The van der Waals surface area contributed by atoms with Gasteiger partial charge in [-0.1, -0.05) is 24.3 Å². The fourth-order valence-electron chi connectivity index (χ4n) is 1.65. The molecule has 19 heavy (non-hydrogen) atoms. The maximum Gasteiger partial charge on any atom is 0.279 e. The lowest BCUT2D eigenvalue weighted by Gasteiger charge is -2.01. The van der Waals surface area contributed by atoms with Crippen molar-refractivity contribution in [3.63, 3.8) is 0 Å². The molecule has 0 saturated carbocycles. The summed E-state index contributed by atoms with van der Waals surface area (Å²) >= 11 is 1.31. The van der Waals surface area contributed by atoms with Crippen LogP contribution in [0.4, 0.5) is 5.69 Å². The first-order valence-corrected chi connectivity index (χ1v) is 6.69. The molecule has 0 saturated heterocycles. The van der Waals surface area contributed by atoms with Crippen LogP contribution in [0.2, 0.25) is 0 Å². The zero-order valence-electron chi connectivity index (χ0n) is 10.7. The number of nitrogens with two attached hydrogens (primary N) is 1. The van der Waals surface area contributed by atoms with Crippen molar-refractivity contribution in [1.82, 2.24) is 10.2 Å². The molecule has 100 valence electrons. The van der Waals surface area contributed by atoms with Crippen LogP contribution in [0.15, 0.2) is 18.2 Å². The lowest BCUT2D eigenvalue weighted by atomic mass is 10.1. The topological polar surface area (TPSA) is 94.9 Å². The summed E-state index contributed by atoms with van der Waals surface area (Å²) in [6, 6.07) is 4.78. The number of nitro benzene ring substituents is 1. The third-order valence-corrected chi connectivity index (χ3v) is 3.87. The van der Waals surface area contributed by atoms with E-state index in [0.717, 1.165) is 12.0 Å². The van der Waals surface area contributed by atoms with Crippen LogP contribution in [0.5, 0.6) is 0 Å². The number of hydrogen-bond acceptors (Lipinski definition) is 6. The highest BCUT2D eigenvalue weighted by Gasteiger charge is 2.20. The van der Waals surface area contributed by atoms with Crippen molar-refractivity contribution < 1.29 is 4.92 Å². The number of hydrogen-bond donors (Lipinski definition) is 1. The molecule has 2 aromatic rings. The van der Waals surface area contributed by atoms with Crippen LogP contribution in [-0.4, -0.2) is 15.1 Å². The van der Waals surface area contributed by atoms with Gasteiger partial charge >= 0.3 is 0 Å². The fraction of sp³-hybridized carbons (Fsp3) is 0.333. The molecule has 2 rings (SSSR count). The van der Waals surface area contributed by atoms with E-state index >= 15 is 0 Å². The SMILES string of the molecule is CCC(N)c1nnc(-c2cc(C)ccc2[N+](=O)[O-])s1. The Morgan fingerprint density at radius 2 is 2.21 bits per heavy atom. The van der Waals surface area contributed by atoms with E-state index in [0.29, 0.717) is 15.6 Å². The molecular weight excluding hydrogens is 264 g/mol. The summed E-state index contributed by atoms with van der Waals surface area (Å²) in [5, 5.41) is 20.3. The average molecular weight is 278 g/mol. The molecule has 1 atom stereocenters. The van der Waals surface area contributed by atoms with Crippen molar-refractivity contribution in [2.45, 2.75) is 26.3 Å². The first-order valence-electron chi connectivity index (χ1n) is 5.87. The van der Waals surface area contributed by atoms with Crippen molar-refractivity contribution in [2.75, 3.05) is 0 Å². The minimum absolute atomic E-state index is 0.0402. The Morgan fingerprint density at radius 1 is 1.47 bits per heavy atom. The van der Waals surface area contributed by atoms with Gasteiger partial charge in [-0.15, -0.1) is 10.2 Å². The molecule has 0 aliphatic rings. The predicted molar refractivity (Wildman–Crippen MR) is 74.0 cm³/mol. The van der Waals surface area contributed by atoms with Gasteiger partial charge in [-0.05, 0) is 25.0 Å². The molecule has 0 aliphatic heterocycles. The number of aromatic nitrogens is 2. The smallest absolute Gasteiger partial charge is 0.279 e. The summed E-state index contributed by atoms with van der Waals surface area (Å²) in [7, 11) is 0. The number of aryl methyl sites for hydroxylation is 1. The average Bonchev–Trinajstić information content (AvgIpc) is 2.86. The van der Waals surface area contributed by atoms with Gasteiger partial charge in [-0.3, -0.25) is 10.1 Å². The lowest BCUT2D eigenvalue weighted by molar-refractivity contribution is -0.384. The van der Waals surface area contributed by atoms with E-state index in [2.05, 4.69) is 10.2 Å². The van der Waals surface area contributed by atoms with E-state index in [9.17, 15) is 10.1 Å². The van der Waals surface area contributed by atoms with Crippen LogP contribution >= 0.6 is 11.3 Å². The third-order valence-electron chi connectivity index (χ3n) is 2.78. The highest BCUT2D eigenvalue weighted by atomic mass is 32.1. The standard InChI is InChI=1S/C12H14N4O2S/c1-3-9(13)12-15-14-11(19-12)8-6-7(2)4-5-10(8)16(17)18/h4-6,9H,3,13H2,1-2H3. The zero-order chi connectivity index (χ0) is 14.0. The van der Waals surface area contributed by atoms with Crippen LogP contribution in [0.3, 0.4) is 0 Å². The molecule has 1 aromatic heterocycles. The molecule has 2 N–H and O–H groups in total. The monoisotopic (exact) mass is 278 g/mol. The van der Waals surface area contributed by atoms with Crippen molar-refractivity contribution >= 4 is 17.0 Å². The third kappa shape index (κ3) is 2.77. The molecular formula is C12H14N4O2S. The Kier molecular flexibility index (Phi) is 3.87. The van der Waals surface area contributed by atoms with Crippen LogP contribution in [-0.2, 0) is 0 Å². The minimum atomic E-state index is -0.407. The van der Waals surface area contributed by atoms with Crippen LogP contribution in [0.1, 0.15) is 30.0 Å². The van der Waals surface area contributed by atoms with Crippen molar-refractivity contribution in [3.8, 4) is 10.6 Å². The Hall–Kier alpha value is -1.86. The Balaban J connectivity index is 2.49. The van der Waals surface area contributed by atoms with E-state index in [1.165, 1.54) is 17.4 Å². The lowest BCUT2D eigenvalue weighted by Crippen LogP contribution is -2.07. The Morgan fingerprint density at radius 3 is 2.84 bits per heavy atom. The summed E-state index contributed by atoms with van der Waals surface area (Å²) in [5.74, 6) is 0. The summed E-state index contributed by atoms with van der Waals surface area (Å²) in [4.78, 5) is 10.6. The van der Waals surface area contributed by atoms with Gasteiger partial charge in [0.1, 0.15) is 5.01 Å². The van der Waals surface area contributed by atoms with E-state index in [-0.39, 0.29) is 11.7 Å². The van der Waals surface area contributed by atoms with Gasteiger partial charge in [-0.2, -0.15) is 0 Å². The number of benzene rings is 1. The van der Waals surface area contributed by atoms with Gasteiger partial charge in [-0.25, -0.2) is 0 Å². The van der Waals surface area contributed by atoms with Gasteiger partial charge in [0.25, 0.3) is 5.69 Å². The molecule has 0 spiro atoms. The number of nitro groups is 1. The molecule has 1 unspecified atom stereocenters. The predicted octanol–water partition coefficient (Wildman–Crippen LogP) is 2.83. The van der Waals surface area contributed by atoms with Gasteiger partial charge in [0, 0.05) is 6.07 Å². The fourth-order valence-corrected chi connectivity index (χ4v) is 2.60.